The number of fused-ring (bicyclic) bond motifs is 1. The van der Waals surface area contributed by atoms with Crippen LogP contribution >= 0.6 is 0 Å². The normalized spacial score (nSPS) is 15.2. The predicted molar refractivity (Wildman–Crippen MR) is 116 cm³/mol. The molecule has 31 heavy (non-hydrogen) atoms. The number of nitrogens with zero attached hydrogens (tertiary/aromatic N) is 2. The molecule has 1 aromatic heterocycles. The molecule has 9 heteroatoms. The molecule has 0 N–H and O–H groups in total. The first-order valence-electron chi connectivity index (χ1n) is 10.2. The SMILES string of the molecule is COc1ccc(N(C(=O)C2CCCCC2)S(=O)(=O)c2ccc3c(c2)oc(=O)n3C)cc1. The summed E-state index contributed by atoms with van der Waals surface area (Å²) in [7, 11) is -1.19. The van der Waals surface area contributed by atoms with Crippen molar-refractivity contribution < 1.29 is 22.4 Å². The predicted octanol–water partition coefficient (Wildman–Crippen LogP) is 3.44. The Morgan fingerprint density at radius 3 is 2.42 bits per heavy atom. The first-order valence-corrected chi connectivity index (χ1v) is 11.6. The third kappa shape index (κ3) is 3.85. The van der Waals surface area contributed by atoms with Gasteiger partial charge in [-0.2, -0.15) is 0 Å². The van der Waals surface area contributed by atoms with Crippen molar-refractivity contribution in [3.63, 3.8) is 0 Å². The summed E-state index contributed by atoms with van der Waals surface area (Å²) < 4.78 is 39.8. The summed E-state index contributed by atoms with van der Waals surface area (Å²) in [5, 5.41) is 0. The van der Waals surface area contributed by atoms with E-state index in [9.17, 15) is 18.0 Å². The van der Waals surface area contributed by atoms with Gasteiger partial charge in [-0.05, 0) is 49.2 Å². The van der Waals surface area contributed by atoms with Crippen molar-refractivity contribution in [3.05, 3.63) is 53.0 Å². The van der Waals surface area contributed by atoms with Gasteiger partial charge in [-0.25, -0.2) is 17.5 Å². The van der Waals surface area contributed by atoms with E-state index in [1.165, 1.54) is 29.9 Å². The highest BCUT2D eigenvalue weighted by atomic mass is 32.2. The third-order valence-corrected chi connectivity index (χ3v) is 7.48. The van der Waals surface area contributed by atoms with Crippen LogP contribution in [0, 0.1) is 5.92 Å². The molecule has 0 aliphatic heterocycles. The molecular formula is C22H24N2O6S. The van der Waals surface area contributed by atoms with Crippen molar-refractivity contribution in [1.29, 1.82) is 0 Å². The van der Waals surface area contributed by atoms with Crippen molar-refractivity contribution >= 4 is 32.7 Å². The molecule has 3 aromatic rings. The molecule has 1 amide bonds. The molecule has 4 rings (SSSR count). The monoisotopic (exact) mass is 444 g/mol. The quantitative estimate of drug-likeness (QED) is 0.598. The molecule has 1 saturated carbocycles. The number of hydrogen-bond donors (Lipinski definition) is 0. The lowest BCUT2D eigenvalue weighted by Crippen LogP contribution is -2.41. The summed E-state index contributed by atoms with van der Waals surface area (Å²) in [5.74, 6) is -0.836. The second-order valence-electron chi connectivity index (χ2n) is 7.70. The molecule has 1 fully saturated rings. The summed E-state index contributed by atoms with van der Waals surface area (Å²) in [6.07, 6.45) is 4.16. The minimum atomic E-state index is -4.25. The second kappa shape index (κ2) is 8.22. The van der Waals surface area contributed by atoms with E-state index < -0.39 is 21.7 Å². The molecule has 0 spiro atoms. The summed E-state index contributed by atoms with van der Waals surface area (Å²) in [6, 6.07) is 10.5. The maximum atomic E-state index is 13.7. The van der Waals surface area contributed by atoms with E-state index in [-0.39, 0.29) is 22.1 Å². The number of hydrogen-bond acceptors (Lipinski definition) is 6. The Morgan fingerprint density at radius 1 is 1.10 bits per heavy atom. The number of ether oxygens (including phenoxy) is 1. The average molecular weight is 445 g/mol. The zero-order chi connectivity index (χ0) is 22.2. The van der Waals surface area contributed by atoms with Crippen molar-refractivity contribution in [2.24, 2.45) is 13.0 Å². The van der Waals surface area contributed by atoms with Crippen LogP contribution in [0.25, 0.3) is 11.1 Å². The highest BCUT2D eigenvalue weighted by molar-refractivity contribution is 7.93. The molecule has 1 heterocycles. The molecule has 0 unspecified atom stereocenters. The van der Waals surface area contributed by atoms with Gasteiger partial charge in [0.25, 0.3) is 10.0 Å². The van der Waals surface area contributed by atoms with E-state index in [1.807, 2.05) is 0 Å². The van der Waals surface area contributed by atoms with Gasteiger partial charge in [-0.1, -0.05) is 19.3 Å². The fourth-order valence-corrected chi connectivity index (χ4v) is 5.49. The Kier molecular flexibility index (Phi) is 5.62. The van der Waals surface area contributed by atoms with E-state index >= 15 is 0 Å². The van der Waals surface area contributed by atoms with Gasteiger partial charge in [-0.3, -0.25) is 9.36 Å². The number of sulfonamides is 1. The lowest BCUT2D eigenvalue weighted by Gasteiger charge is -2.29. The lowest BCUT2D eigenvalue weighted by atomic mass is 9.88. The van der Waals surface area contributed by atoms with Crippen molar-refractivity contribution in [2.45, 2.75) is 37.0 Å². The zero-order valence-electron chi connectivity index (χ0n) is 17.4. The summed E-state index contributed by atoms with van der Waals surface area (Å²) in [5.41, 5.74) is 0.859. The molecule has 0 radical (unpaired) electrons. The van der Waals surface area contributed by atoms with E-state index in [4.69, 9.17) is 9.15 Å². The van der Waals surface area contributed by atoms with Crippen LogP contribution in [-0.2, 0) is 21.9 Å². The van der Waals surface area contributed by atoms with Crippen molar-refractivity contribution in [3.8, 4) is 5.75 Å². The Bertz CT molecular complexity index is 1270. The topological polar surface area (TPSA) is 98.8 Å². The van der Waals surface area contributed by atoms with Crippen LogP contribution in [0.2, 0.25) is 0 Å². The number of anilines is 1. The minimum absolute atomic E-state index is 0.116. The van der Waals surface area contributed by atoms with E-state index in [2.05, 4.69) is 0 Å². The number of carbonyl (C=O) groups excluding carboxylic acids is 1. The summed E-state index contributed by atoms with van der Waals surface area (Å²) in [4.78, 5) is 25.1. The number of benzene rings is 2. The molecular weight excluding hydrogens is 420 g/mol. The molecule has 8 nitrogen and oxygen atoms in total. The first kappa shape index (κ1) is 21.2. The maximum Gasteiger partial charge on any atom is 0.419 e. The Morgan fingerprint density at radius 2 is 1.77 bits per heavy atom. The van der Waals surface area contributed by atoms with Crippen LogP contribution in [0.4, 0.5) is 5.69 Å². The van der Waals surface area contributed by atoms with E-state index in [0.717, 1.165) is 23.6 Å². The second-order valence-corrected chi connectivity index (χ2v) is 9.48. The van der Waals surface area contributed by atoms with Gasteiger partial charge in [0.15, 0.2) is 5.58 Å². The molecule has 1 aliphatic carbocycles. The van der Waals surface area contributed by atoms with Crippen LogP contribution < -0.4 is 14.8 Å². The molecule has 164 valence electrons. The summed E-state index contributed by atoms with van der Waals surface area (Å²) in [6.45, 7) is 0. The van der Waals surface area contributed by atoms with Gasteiger partial charge < -0.3 is 9.15 Å². The van der Waals surface area contributed by atoms with Gasteiger partial charge in [0.1, 0.15) is 5.75 Å². The number of carbonyl (C=O) groups is 1. The highest BCUT2D eigenvalue weighted by Gasteiger charge is 2.36. The van der Waals surface area contributed by atoms with Crippen LogP contribution in [0.1, 0.15) is 32.1 Å². The Hall–Kier alpha value is -3.07. The van der Waals surface area contributed by atoms with Crippen LogP contribution in [0.5, 0.6) is 5.75 Å². The standard InChI is InChI=1S/C22H24N2O6S/c1-23-19-13-12-18(14-20(19)30-22(23)26)31(27,28)24(16-8-10-17(29-2)11-9-16)21(25)15-6-4-3-5-7-15/h8-15H,3-7H2,1-2H3. The maximum absolute atomic E-state index is 13.7. The van der Waals surface area contributed by atoms with Gasteiger partial charge in [-0.15, -0.1) is 0 Å². The number of methoxy groups -OCH3 is 1. The van der Waals surface area contributed by atoms with Crippen molar-refractivity contribution in [1.82, 2.24) is 4.57 Å². The van der Waals surface area contributed by atoms with Crippen LogP contribution in [0.3, 0.4) is 0 Å². The van der Waals surface area contributed by atoms with Gasteiger partial charge in [0, 0.05) is 19.0 Å². The fraction of sp³-hybridized carbons (Fsp3) is 0.364. The van der Waals surface area contributed by atoms with Crippen LogP contribution in [0.15, 0.2) is 56.6 Å². The zero-order valence-corrected chi connectivity index (χ0v) is 18.2. The highest BCUT2D eigenvalue weighted by Crippen LogP contribution is 2.33. The number of aryl methyl sites for hydroxylation is 1. The van der Waals surface area contributed by atoms with Gasteiger partial charge in [0.05, 0.1) is 23.2 Å². The number of oxazole rings is 1. The Labute approximate surface area is 180 Å². The molecule has 0 atom stereocenters. The third-order valence-electron chi connectivity index (χ3n) is 5.76. The smallest absolute Gasteiger partial charge is 0.419 e. The fourth-order valence-electron chi connectivity index (χ4n) is 4.00. The number of rotatable bonds is 5. The van der Waals surface area contributed by atoms with Crippen LogP contribution in [-0.4, -0.2) is 26.0 Å². The first-order chi connectivity index (χ1) is 14.8. The molecule has 0 saturated heterocycles. The minimum Gasteiger partial charge on any atom is -0.497 e. The van der Waals surface area contributed by atoms with Crippen molar-refractivity contribution in [2.75, 3.05) is 11.4 Å². The molecule has 0 bridgehead atoms. The van der Waals surface area contributed by atoms with Gasteiger partial charge in [0.2, 0.25) is 5.91 Å². The number of aromatic nitrogens is 1. The summed E-state index contributed by atoms with van der Waals surface area (Å²) >= 11 is 0. The molecule has 1 aliphatic rings. The Balaban J connectivity index is 1.82. The van der Waals surface area contributed by atoms with E-state index in [0.29, 0.717) is 24.1 Å². The lowest BCUT2D eigenvalue weighted by molar-refractivity contribution is -0.122. The average Bonchev–Trinajstić information content (AvgIpc) is 3.07. The number of amides is 1. The molecule has 2 aromatic carbocycles. The van der Waals surface area contributed by atoms with Gasteiger partial charge >= 0.3 is 5.76 Å². The largest absolute Gasteiger partial charge is 0.497 e. The van der Waals surface area contributed by atoms with E-state index in [1.54, 1.807) is 31.3 Å².